The molecule has 2 amide bonds. The summed E-state index contributed by atoms with van der Waals surface area (Å²) in [6.07, 6.45) is 0.849. The number of allylic oxidation sites excluding steroid dienone is 2. The molecule has 5 nitrogen and oxygen atoms in total. The molecule has 2 aliphatic carbocycles. The Morgan fingerprint density at radius 1 is 0.592 bits per heavy atom. The van der Waals surface area contributed by atoms with Crippen molar-refractivity contribution in [3.05, 3.63) is 166 Å². The average Bonchev–Trinajstić information content (AvgIpc) is 3.64. The zero-order chi connectivity index (χ0) is 33.9. The monoisotopic (exact) mass is 683 g/mol. The molecule has 1 saturated heterocycles. The molecule has 1 aliphatic heterocycles. The summed E-state index contributed by atoms with van der Waals surface area (Å²) in [5.74, 6) is -2.48. The number of fused-ring (bicyclic) bond motifs is 5. The van der Waals surface area contributed by atoms with Gasteiger partial charge < -0.3 is 4.74 Å². The van der Waals surface area contributed by atoms with Crippen molar-refractivity contribution in [2.45, 2.75) is 24.2 Å². The highest BCUT2D eigenvalue weighted by Crippen LogP contribution is 2.74. The van der Waals surface area contributed by atoms with Crippen LogP contribution in [-0.4, -0.2) is 24.2 Å². The van der Waals surface area contributed by atoms with Crippen LogP contribution in [0.3, 0.4) is 0 Å². The molecule has 3 aliphatic rings. The molecule has 0 radical (unpaired) electrons. The summed E-state index contributed by atoms with van der Waals surface area (Å²) in [5, 5.41) is 0.997. The maximum absolute atomic E-state index is 16.0. The molecule has 5 aromatic rings. The van der Waals surface area contributed by atoms with Crippen molar-refractivity contribution in [3.8, 4) is 5.75 Å². The number of Topliss-reactive ketones (excluding diaryl/α,β-unsaturated/α-hetero) is 1. The molecule has 2 bridgehead atoms. The van der Waals surface area contributed by atoms with Gasteiger partial charge in [0.2, 0.25) is 11.8 Å². The Hall–Kier alpha value is -4.97. The van der Waals surface area contributed by atoms with E-state index < -0.39 is 34.5 Å². The van der Waals surface area contributed by atoms with Gasteiger partial charge in [0.1, 0.15) is 5.75 Å². The van der Waals surface area contributed by atoms with E-state index in [1.54, 1.807) is 48.5 Å². The van der Waals surface area contributed by atoms with E-state index in [4.69, 9.17) is 27.9 Å². The molecule has 242 valence electrons. The minimum absolute atomic E-state index is 0.206. The topological polar surface area (TPSA) is 63.7 Å². The number of carbonyl (C=O) groups is 3. The van der Waals surface area contributed by atoms with Gasteiger partial charge in [-0.3, -0.25) is 14.4 Å². The zero-order valence-corrected chi connectivity index (χ0v) is 28.1. The number of carbonyl (C=O) groups excluding carboxylic acids is 3. The first kappa shape index (κ1) is 31.3. The van der Waals surface area contributed by atoms with Crippen LogP contribution in [0.25, 0.3) is 11.1 Å². The summed E-state index contributed by atoms with van der Waals surface area (Å²) in [6, 6.07) is 40.8. The standard InChI is InChI=1S/C42H31Cl2NO4/c1-2-25-49-33-23-21-32(22-24-33)45-38(46)36-37(39(45)47)42(29-15-19-31(44)20-16-29)35(27-11-7-4-8-12-27)34(26-9-5-3-6-10-26)41(36,40(42)48)28-13-17-30(43)18-14-28/h3-24,36-37H,2,25H2,1H3/t36-,37+,41-,42-/m0/s1. The maximum Gasteiger partial charge on any atom is 0.239 e. The molecular formula is C42H31Cl2NO4. The number of benzene rings is 5. The number of rotatable bonds is 8. The molecule has 0 N–H and O–H groups in total. The Balaban J connectivity index is 1.48. The number of hydrogen-bond donors (Lipinski definition) is 0. The minimum atomic E-state index is -1.52. The van der Waals surface area contributed by atoms with Gasteiger partial charge in [0.25, 0.3) is 0 Å². The van der Waals surface area contributed by atoms with Crippen LogP contribution in [0.5, 0.6) is 5.75 Å². The van der Waals surface area contributed by atoms with Crippen LogP contribution in [0.15, 0.2) is 133 Å². The lowest BCUT2D eigenvalue weighted by atomic mass is 9.59. The van der Waals surface area contributed by atoms with Crippen LogP contribution in [0.2, 0.25) is 10.0 Å². The van der Waals surface area contributed by atoms with Crippen molar-refractivity contribution < 1.29 is 19.1 Å². The fourth-order valence-corrected chi connectivity index (χ4v) is 8.78. The van der Waals surface area contributed by atoms with Gasteiger partial charge in [0.05, 0.1) is 35.0 Å². The van der Waals surface area contributed by atoms with Gasteiger partial charge in [-0.25, -0.2) is 4.90 Å². The van der Waals surface area contributed by atoms with Crippen LogP contribution >= 0.6 is 23.2 Å². The molecule has 7 heteroatoms. The SMILES string of the molecule is CCCOc1ccc(N2C(=O)[C@@H]3[C@H](C2=O)[C@@]2(c4ccc(Cl)cc4)C(=O)[C@@]3(c3ccc(Cl)cc3)C(c3ccccc3)=C2c2ccccc2)cc1. The van der Waals surface area contributed by atoms with Gasteiger partial charge >= 0.3 is 0 Å². The predicted octanol–water partition coefficient (Wildman–Crippen LogP) is 8.97. The van der Waals surface area contributed by atoms with Gasteiger partial charge in [-0.1, -0.05) is 115 Å². The van der Waals surface area contributed by atoms with E-state index in [1.165, 1.54) is 4.90 Å². The Bertz CT molecular complexity index is 2000. The number of halogens is 2. The highest BCUT2D eigenvalue weighted by Gasteiger charge is 2.82. The normalized spacial score (nSPS) is 24.1. The number of imide groups is 1. The van der Waals surface area contributed by atoms with Crippen molar-refractivity contribution in [1.82, 2.24) is 0 Å². The molecule has 1 heterocycles. The van der Waals surface area contributed by atoms with E-state index in [1.807, 2.05) is 91.9 Å². The van der Waals surface area contributed by atoms with E-state index in [-0.39, 0.29) is 5.78 Å². The largest absolute Gasteiger partial charge is 0.494 e. The highest BCUT2D eigenvalue weighted by molar-refractivity contribution is 6.39. The first-order chi connectivity index (χ1) is 23.8. The maximum atomic E-state index is 16.0. The molecule has 49 heavy (non-hydrogen) atoms. The number of amides is 2. The van der Waals surface area contributed by atoms with Crippen molar-refractivity contribution in [2.75, 3.05) is 11.5 Å². The summed E-state index contributed by atoms with van der Waals surface area (Å²) in [5.41, 5.74) is 1.65. The molecule has 4 atom stereocenters. The van der Waals surface area contributed by atoms with Crippen LogP contribution in [0, 0.1) is 11.8 Å². The number of ketones is 1. The number of anilines is 1. The molecule has 0 aromatic heterocycles. The Morgan fingerprint density at radius 3 is 1.43 bits per heavy atom. The third-order valence-corrected chi connectivity index (χ3v) is 10.8. The lowest BCUT2D eigenvalue weighted by molar-refractivity contribution is -0.130. The summed E-state index contributed by atoms with van der Waals surface area (Å²) in [4.78, 5) is 47.5. The van der Waals surface area contributed by atoms with Crippen LogP contribution in [0.1, 0.15) is 35.6 Å². The van der Waals surface area contributed by atoms with E-state index in [0.29, 0.717) is 50.4 Å². The minimum Gasteiger partial charge on any atom is -0.494 e. The molecule has 2 fully saturated rings. The van der Waals surface area contributed by atoms with Gasteiger partial charge in [0.15, 0.2) is 5.78 Å². The first-order valence-corrected chi connectivity index (χ1v) is 17.1. The Kier molecular flexibility index (Phi) is 7.58. The van der Waals surface area contributed by atoms with Crippen molar-refractivity contribution in [2.24, 2.45) is 11.8 Å². The van der Waals surface area contributed by atoms with Gasteiger partial charge in [-0.05, 0) is 88.4 Å². The fourth-order valence-electron chi connectivity index (χ4n) is 8.52. The van der Waals surface area contributed by atoms with Crippen LogP contribution in [0.4, 0.5) is 5.69 Å². The van der Waals surface area contributed by atoms with E-state index >= 15 is 14.4 Å². The Labute approximate surface area is 294 Å². The third-order valence-electron chi connectivity index (χ3n) is 10.3. The fraction of sp³-hybridized carbons (Fsp3) is 0.167. The lowest BCUT2D eigenvalue weighted by Crippen LogP contribution is -2.45. The third kappa shape index (κ3) is 4.35. The van der Waals surface area contributed by atoms with E-state index in [0.717, 1.165) is 17.5 Å². The van der Waals surface area contributed by atoms with Crippen molar-refractivity contribution in [3.63, 3.8) is 0 Å². The lowest BCUT2D eigenvalue weighted by Gasteiger charge is -2.39. The predicted molar refractivity (Wildman–Crippen MR) is 193 cm³/mol. The molecule has 1 saturated carbocycles. The molecule has 8 rings (SSSR count). The summed E-state index contributed by atoms with van der Waals surface area (Å²) in [7, 11) is 0. The first-order valence-electron chi connectivity index (χ1n) is 16.4. The number of hydrogen-bond acceptors (Lipinski definition) is 4. The quantitative estimate of drug-likeness (QED) is 0.153. The Morgan fingerprint density at radius 2 is 1.02 bits per heavy atom. The van der Waals surface area contributed by atoms with Gasteiger partial charge in [-0.15, -0.1) is 0 Å². The molecule has 0 spiro atoms. The van der Waals surface area contributed by atoms with Crippen molar-refractivity contribution >= 4 is 57.6 Å². The average molecular weight is 685 g/mol. The van der Waals surface area contributed by atoms with Gasteiger partial charge in [-0.2, -0.15) is 0 Å². The summed E-state index contributed by atoms with van der Waals surface area (Å²) >= 11 is 12.9. The van der Waals surface area contributed by atoms with Gasteiger partial charge in [0, 0.05) is 10.0 Å². The second-order valence-electron chi connectivity index (χ2n) is 12.8. The second kappa shape index (κ2) is 11.9. The zero-order valence-electron chi connectivity index (χ0n) is 26.6. The van der Waals surface area contributed by atoms with Crippen LogP contribution in [-0.2, 0) is 25.2 Å². The molecular weight excluding hydrogens is 653 g/mol. The van der Waals surface area contributed by atoms with E-state index in [9.17, 15) is 0 Å². The number of nitrogens with zero attached hydrogens (tertiary/aromatic N) is 1. The van der Waals surface area contributed by atoms with Crippen molar-refractivity contribution in [1.29, 1.82) is 0 Å². The van der Waals surface area contributed by atoms with Crippen LogP contribution < -0.4 is 9.64 Å². The second-order valence-corrected chi connectivity index (χ2v) is 13.6. The smallest absolute Gasteiger partial charge is 0.239 e. The summed E-state index contributed by atoms with van der Waals surface area (Å²) in [6.45, 7) is 2.58. The molecule has 5 aromatic carbocycles. The van der Waals surface area contributed by atoms with E-state index in [2.05, 4.69) is 0 Å². The number of ether oxygens (including phenoxy) is 1. The summed E-state index contributed by atoms with van der Waals surface area (Å²) < 4.78 is 5.79. The molecule has 0 unspecified atom stereocenters. The highest BCUT2D eigenvalue weighted by atomic mass is 35.5.